The Kier molecular flexibility index (Phi) is 4.49. The van der Waals surface area contributed by atoms with Gasteiger partial charge in [0.2, 0.25) is 0 Å². The van der Waals surface area contributed by atoms with E-state index < -0.39 is 11.5 Å². The summed E-state index contributed by atoms with van der Waals surface area (Å²) in [5.74, 6) is -0.766. The molecule has 1 rings (SSSR count). The number of aliphatic carboxylic acids is 1. The van der Waals surface area contributed by atoms with Crippen molar-refractivity contribution < 1.29 is 23.8 Å². The standard InChI is InChI=1S/C12H17NO5/c1-8-4-9(6-18-8)11(16)13-12(2,7-17-3)5-10(14)15/h4,6H,5,7H2,1-3H3,(H,13,16)(H,14,15). The van der Waals surface area contributed by atoms with Crippen LogP contribution >= 0.6 is 0 Å². The normalized spacial score (nSPS) is 13.9. The van der Waals surface area contributed by atoms with Gasteiger partial charge in [0.05, 0.1) is 24.1 Å². The summed E-state index contributed by atoms with van der Waals surface area (Å²) in [7, 11) is 1.45. The minimum atomic E-state index is -1.00. The number of ether oxygens (including phenoxy) is 1. The lowest BCUT2D eigenvalue weighted by molar-refractivity contribution is -0.139. The number of carbonyl (C=O) groups is 2. The van der Waals surface area contributed by atoms with Crippen molar-refractivity contribution >= 4 is 11.9 Å². The Bertz CT molecular complexity index is 439. The van der Waals surface area contributed by atoms with Crippen LogP contribution in [0.25, 0.3) is 0 Å². The molecule has 1 amide bonds. The molecule has 1 unspecified atom stereocenters. The highest BCUT2D eigenvalue weighted by Crippen LogP contribution is 2.13. The van der Waals surface area contributed by atoms with Crippen molar-refractivity contribution in [1.82, 2.24) is 5.32 Å². The molecule has 0 aliphatic rings. The fraction of sp³-hybridized carbons (Fsp3) is 0.500. The number of rotatable bonds is 6. The third-order valence-electron chi connectivity index (χ3n) is 2.41. The van der Waals surface area contributed by atoms with Gasteiger partial charge >= 0.3 is 5.97 Å². The van der Waals surface area contributed by atoms with E-state index in [4.69, 9.17) is 14.3 Å². The minimum Gasteiger partial charge on any atom is -0.481 e. The number of amides is 1. The Morgan fingerprint density at radius 2 is 2.22 bits per heavy atom. The first-order valence-corrected chi connectivity index (χ1v) is 5.45. The number of hydrogen-bond acceptors (Lipinski definition) is 4. The Morgan fingerprint density at radius 3 is 2.67 bits per heavy atom. The molecule has 0 fully saturated rings. The molecule has 0 aliphatic heterocycles. The van der Waals surface area contributed by atoms with E-state index >= 15 is 0 Å². The van der Waals surface area contributed by atoms with Crippen molar-refractivity contribution in [2.24, 2.45) is 0 Å². The first-order chi connectivity index (χ1) is 8.36. The maximum Gasteiger partial charge on any atom is 0.305 e. The average molecular weight is 255 g/mol. The van der Waals surface area contributed by atoms with E-state index in [2.05, 4.69) is 5.32 Å². The number of methoxy groups -OCH3 is 1. The van der Waals surface area contributed by atoms with Gasteiger partial charge in [-0.15, -0.1) is 0 Å². The highest BCUT2D eigenvalue weighted by atomic mass is 16.5. The monoisotopic (exact) mass is 255 g/mol. The summed E-state index contributed by atoms with van der Waals surface area (Å²) in [5, 5.41) is 11.5. The maximum absolute atomic E-state index is 11.9. The zero-order valence-corrected chi connectivity index (χ0v) is 10.6. The van der Waals surface area contributed by atoms with E-state index in [1.807, 2.05) is 0 Å². The second-order valence-electron chi connectivity index (χ2n) is 4.46. The Hall–Kier alpha value is -1.82. The molecule has 2 N–H and O–H groups in total. The van der Waals surface area contributed by atoms with Crippen LogP contribution in [0.2, 0.25) is 0 Å². The third-order valence-corrected chi connectivity index (χ3v) is 2.41. The van der Waals surface area contributed by atoms with E-state index in [-0.39, 0.29) is 18.9 Å². The predicted octanol–water partition coefficient (Wildman–Crippen LogP) is 1.20. The fourth-order valence-corrected chi connectivity index (χ4v) is 1.69. The van der Waals surface area contributed by atoms with Crippen molar-refractivity contribution in [1.29, 1.82) is 0 Å². The van der Waals surface area contributed by atoms with Gasteiger partial charge in [-0.05, 0) is 19.9 Å². The fourth-order valence-electron chi connectivity index (χ4n) is 1.69. The van der Waals surface area contributed by atoms with Crippen molar-refractivity contribution in [2.75, 3.05) is 13.7 Å². The summed E-state index contributed by atoms with van der Waals surface area (Å²) in [4.78, 5) is 22.7. The quantitative estimate of drug-likeness (QED) is 0.797. The zero-order chi connectivity index (χ0) is 13.8. The molecule has 0 saturated heterocycles. The first kappa shape index (κ1) is 14.2. The zero-order valence-electron chi connectivity index (χ0n) is 10.6. The lowest BCUT2D eigenvalue weighted by atomic mass is 9.98. The molecular weight excluding hydrogens is 238 g/mol. The van der Waals surface area contributed by atoms with Crippen LogP contribution < -0.4 is 5.32 Å². The van der Waals surface area contributed by atoms with Gasteiger partial charge in [0.25, 0.3) is 5.91 Å². The number of nitrogens with one attached hydrogen (secondary N) is 1. The minimum absolute atomic E-state index is 0.113. The average Bonchev–Trinajstić information content (AvgIpc) is 2.63. The number of furan rings is 1. The van der Waals surface area contributed by atoms with Crippen LogP contribution in [-0.4, -0.2) is 36.2 Å². The molecule has 1 aromatic rings. The number of carboxylic acid groups (broad SMARTS) is 1. The summed E-state index contributed by atoms with van der Waals surface area (Å²) >= 11 is 0. The molecule has 6 nitrogen and oxygen atoms in total. The van der Waals surface area contributed by atoms with Gasteiger partial charge in [-0.25, -0.2) is 0 Å². The van der Waals surface area contributed by atoms with Crippen molar-refractivity contribution in [3.8, 4) is 0 Å². The first-order valence-electron chi connectivity index (χ1n) is 5.45. The van der Waals surface area contributed by atoms with Crippen molar-refractivity contribution in [2.45, 2.75) is 25.8 Å². The van der Waals surface area contributed by atoms with Crippen LogP contribution in [0.5, 0.6) is 0 Å². The van der Waals surface area contributed by atoms with Gasteiger partial charge in [0, 0.05) is 7.11 Å². The van der Waals surface area contributed by atoms with E-state index in [0.29, 0.717) is 11.3 Å². The molecule has 1 heterocycles. The molecule has 0 radical (unpaired) electrons. The lowest BCUT2D eigenvalue weighted by Crippen LogP contribution is -2.50. The molecular formula is C12H17NO5. The van der Waals surface area contributed by atoms with Crippen LogP contribution in [0.4, 0.5) is 0 Å². The second kappa shape index (κ2) is 5.68. The molecule has 0 spiro atoms. The van der Waals surface area contributed by atoms with E-state index in [0.717, 1.165) is 0 Å². The van der Waals surface area contributed by atoms with Crippen LogP contribution in [0.3, 0.4) is 0 Å². The molecule has 100 valence electrons. The topological polar surface area (TPSA) is 88.8 Å². The van der Waals surface area contributed by atoms with Crippen molar-refractivity contribution in [3.05, 3.63) is 23.7 Å². The molecule has 1 atom stereocenters. The van der Waals surface area contributed by atoms with E-state index in [1.165, 1.54) is 13.4 Å². The van der Waals surface area contributed by atoms with Crippen molar-refractivity contribution in [3.63, 3.8) is 0 Å². The van der Waals surface area contributed by atoms with Crippen LogP contribution in [-0.2, 0) is 9.53 Å². The number of hydrogen-bond donors (Lipinski definition) is 2. The molecule has 6 heteroatoms. The predicted molar refractivity (Wildman–Crippen MR) is 63.4 cm³/mol. The second-order valence-corrected chi connectivity index (χ2v) is 4.46. The summed E-state index contributed by atoms with van der Waals surface area (Å²) < 4.78 is 9.98. The van der Waals surface area contributed by atoms with E-state index in [1.54, 1.807) is 19.9 Å². The van der Waals surface area contributed by atoms with Gasteiger partial charge in [-0.1, -0.05) is 0 Å². The van der Waals surface area contributed by atoms with Gasteiger partial charge < -0.3 is 19.6 Å². The highest BCUT2D eigenvalue weighted by Gasteiger charge is 2.30. The highest BCUT2D eigenvalue weighted by molar-refractivity contribution is 5.94. The van der Waals surface area contributed by atoms with Crippen LogP contribution in [0.1, 0.15) is 29.5 Å². The molecule has 0 bridgehead atoms. The SMILES string of the molecule is COCC(C)(CC(=O)O)NC(=O)c1coc(C)c1. The summed E-state index contributed by atoms with van der Waals surface area (Å²) in [6.07, 6.45) is 1.11. The smallest absolute Gasteiger partial charge is 0.305 e. The summed E-state index contributed by atoms with van der Waals surface area (Å²) in [5.41, 5.74) is -0.594. The Balaban J connectivity index is 2.77. The molecule has 1 aromatic heterocycles. The van der Waals surface area contributed by atoms with E-state index in [9.17, 15) is 9.59 Å². The largest absolute Gasteiger partial charge is 0.481 e. The van der Waals surface area contributed by atoms with Gasteiger partial charge in [-0.2, -0.15) is 0 Å². The number of carbonyl (C=O) groups excluding carboxylic acids is 1. The van der Waals surface area contributed by atoms with Crippen LogP contribution in [0, 0.1) is 6.92 Å². The van der Waals surface area contributed by atoms with Gasteiger partial charge in [0.15, 0.2) is 0 Å². The summed E-state index contributed by atoms with van der Waals surface area (Å²) in [6, 6.07) is 1.59. The maximum atomic E-state index is 11.9. The number of carboxylic acids is 1. The Labute approximate surface area is 105 Å². The van der Waals surface area contributed by atoms with Gasteiger partial charge in [-0.3, -0.25) is 9.59 Å². The molecule has 0 saturated carbocycles. The molecule has 0 aromatic carbocycles. The third kappa shape index (κ3) is 3.89. The lowest BCUT2D eigenvalue weighted by Gasteiger charge is -2.28. The van der Waals surface area contributed by atoms with Crippen LogP contribution in [0.15, 0.2) is 16.7 Å². The van der Waals surface area contributed by atoms with Gasteiger partial charge in [0.1, 0.15) is 12.0 Å². The molecule has 0 aliphatic carbocycles. The Morgan fingerprint density at radius 1 is 1.56 bits per heavy atom. The number of aryl methyl sites for hydroxylation is 1. The molecule has 18 heavy (non-hydrogen) atoms. The summed E-state index contributed by atoms with van der Waals surface area (Å²) in [6.45, 7) is 3.46.